The van der Waals surface area contributed by atoms with Crippen LogP contribution in [0.3, 0.4) is 0 Å². The monoisotopic (exact) mass is 369 g/mol. The summed E-state index contributed by atoms with van der Waals surface area (Å²) in [5.74, 6) is 0.150. The molecule has 138 valence electrons. The second-order valence-electron chi connectivity index (χ2n) is 7.20. The van der Waals surface area contributed by atoms with Gasteiger partial charge in [-0.3, -0.25) is 9.69 Å². The molecule has 0 spiro atoms. The summed E-state index contributed by atoms with van der Waals surface area (Å²) in [7, 11) is 0. The SMILES string of the molecule is CC1CN(C(C)(C)CNC(=O)C2CCCCN2)CC(C)O1.Cl.Cl. The molecule has 2 fully saturated rings. The van der Waals surface area contributed by atoms with Crippen LogP contribution in [0.1, 0.15) is 47.0 Å². The van der Waals surface area contributed by atoms with Crippen LogP contribution in [-0.4, -0.2) is 60.8 Å². The van der Waals surface area contributed by atoms with Gasteiger partial charge in [-0.25, -0.2) is 0 Å². The summed E-state index contributed by atoms with van der Waals surface area (Å²) in [6, 6.07) is -0.00270. The third-order valence-corrected chi connectivity index (χ3v) is 4.60. The Morgan fingerprint density at radius 1 is 1.22 bits per heavy atom. The van der Waals surface area contributed by atoms with Crippen molar-refractivity contribution in [1.82, 2.24) is 15.5 Å². The van der Waals surface area contributed by atoms with E-state index in [-0.39, 0.29) is 54.5 Å². The zero-order valence-electron chi connectivity index (χ0n) is 14.8. The van der Waals surface area contributed by atoms with Crippen molar-refractivity contribution in [2.75, 3.05) is 26.2 Å². The zero-order chi connectivity index (χ0) is 15.5. The number of hydrogen-bond donors (Lipinski definition) is 2. The molecule has 3 unspecified atom stereocenters. The van der Waals surface area contributed by atoms with Crippen LogP contribution in [0, 0.1) is 0 Å². The lowest BCUT2D eigenvalue weighted by molar-refractivity contribution is -0.125. The van der Waals surface area contributed by atoms with Gasteiger partial charge in [-0.1, -0.05) is 6.42 Å². The van der Waals surface area contributed by atoms with Gasteiger partial charge in [0.25, 0.3) is 0 Å². The van der Waals surface area contributed by atoms with E-state index in [1.54, 1.807) is 0 Å². The molecule has 3 atom stereocenters. The van der Waals surface area contributed by atoms with E-state index in [0.29, 0.717) is 6.54 Å². The molecule has 0 bridgehead atoms. The largest absolute Gasteiger partial charge is 0.373 e. The number of halogens is 2. The normalized spacial score (nSPS) is 29.1. The quantitative estimate of drug-likeness (QED) is 0.795. The summed E-state index contributed by atoms with van der Waals surface area (Å²) < 4.78 is 5.79. The summed E-state index contributed by atoms with van der Waals surface area (Å²) in [6.07, 6.45) is 3.79. The number of nitrogens with zero attached hydrogens (tertiary/aromatic N) is 1. The van der Waals surface area contributed by atoms with Crippen LogP contribution >= 0.6 is 24.8 Å². The van der Waals surface area contributed by atoms with Gasteiger partial charge in [-0.05, 0) is 47.1 Å². The van der Waals surface area contributed by atoms with Gasteiger partial charge < -0.3 is 15.4 Å². The van der Waals surface area contributed by atoms with Gasteiger partial charge in [0.15, 0.2) is 0 Å². The molecule has 0 saturated carbocycles. The number of piperidine rings is 1. The Kier molecular flexibility index (Phi) is 10.0. The predicted octanol–water partition coefficient (Wildman–Crippen LogP) is 1.98. The second-order valence-corrected chi connectivity index (χ2v) is 7.20. The summed E-state index contributed by atoms with van der Waals surface area (Å²) >= 11 is 0. The van der Waals surface area contributed by atoms with Crippen molar-refractivity contribution in [3.8, 4) is 0 Å². The van der Waals surface area contributed by atoms with Crippen LogP contribution in [0.5, 0.6) is 0 Å². The fourth-order valence-corrected chi connectivity index (χ4v) is 3.29. The number of nitrogens with one attached hydrogen (secondary N) is 2. The standard InChI is InChI=1S/C16H31N3O2.2ClH/c1-12-9-19(10-13(2)21-12)16(3,4)11-18-15(20)14-7-5-6-8-17-14;;/h12-14,17H,5-11H2,1-4H3,(H,18,20);2*1H. The Morgan fingerprint density at radius 2 is 1.83 bits per heavy atom. The molecule has 2 saturated heterocycles. The first-order valence-corrected chi connectivity index (χ1v) is 8.30. The number of morpholine rings is 1. The molecular formula is C16H33Cl2N3O2. The van der Waals surface area contributed by atoms with E-state index in [0.717, 1.165) is 32.5 Å². The maximum atomic E-state index is 12.2. The van der Waals surface area contributed by atoms with Crippen molar-refractivity contribution in [2.45, 2.75) is 70.7 Å². The zero-order valence-corrected chi connectivity index (χ0v) is 16.4. The van der Waals surface area contributed by atoms with Gasteiger partial charge in [-0.2, -0.15) is 0 Å². The van der Waals surface area contributed by atoms with Crippen molar-refractivity contribution >= 4 is 30.7 Å². The number of carbonyl (C=O) groups excluding carboxylic acids is 1. The topological polar surface area (TPSA) is 53.6 Å². The fourth-order valence-electron chi connectivity index (χ4n) is 3.29. The first-order chi connectivity index (χ1) is 9.88. The van der Waals surface area contributed by atoms with Gasteiger partial charge in [0.05, 0.1) is 18.2 Å². The van der Waals surface area contributed by atoms with Crippen molar-refractivity contribution in [3.05, 3.63) is 0 Å². The molecule has 2 aliphatic rings. The third-order valence-electron chi connectivity index (χ3n) is 4.60. The van der Waals surface area contributed by atoms with Crippen LogP contribution in [0.25, 0.3) is 0 Å². The van der Waals surface area contributed by atoms with E-state index in [4.69, 9.17) is 4.74 Å². The Labute approximate surface area is 153 Å². The van der Waals surface area contributed by atoms with Gasteiger partial charge in [-0.15, -0.1) is 24.8 Å². The summed E-state index contributed by atoms with van der Waals surface area (Å²) in [5.41, 5.74) is -0.0450. The minimum Gasteiger partial charge on any atom is -0.373 e. The van der Waals surface area contributed by atoms with Crippen LogP contribution in [0.2, 0.25) is 0 Å². The summed E-state index contributed by atoms with van der Waals surface area (Å²) in [5, 5.41) is 6.44. The fraction of sp³-hybridized carbons (Fsp3) is 0.938. The lowest BCUT2D eigenvalue weighted by Crippen LogP contribution is -2.59. The molecule has 0 aromatic heterocycles. The molecule has 2 aliphatic heterocycles. The maximum absolute atomic E-state index is 12.2. The van der Waals surface area contributed by atoms with Crippen molar-refractivity contribution in [1.29, 1.82) is 0 Å². The molecule has 0 aromatic rings. The molecule has 2 rings (SSSR count). The Balaban J connectivity index is 0.00000242. The highest BCUT2D eigenvalue weighted by atomic mass is 35.5. The Morgan fingerprint density at radius 3 is 2.35 bits per heavy atom. The molecule has 7 heteroatoms. The molecule has 0 aliphatic carbocycles. The number of carbonyl (C=O) groups is 1. The molecule has 1 amide bonds. The number of amides is 1. The van der Waals surface area contributed by atoms with Crippen LogP contribution in [-0.2, 0) is 9.53 Å². The highest BCUT2D eigenvalue weighted by Crippen LogP contribution is 2.20. The van der Waals surface area contributed by atoms with Crippen molar-refractivity contribution in [2.24, 2.45) is 0 Å². The first-order valence-electron chi connectivity index (χ1n) is 8.30. The van der Waals surface area contributed by atoms with Crippen molar-refractivity contribution in [3.63, 3.8) is 0 Å². The van der Waals surface area contributed by atoms with Crippen LogP contribution in [0.15, 0.2) is 0 Å². The van der Waals surface area contributed by atoms with Crippen LogP contribution < -0.4 is 10.6 Å². The molecule has 23 heavy (non-hydrogen) atoms. The molecule has 0 radical (unpaired) electrons. The Hall–Kier alpha value is -0.0700. The molecular weight excluding hydrogens is 337 g/mol. The van der Waals surface area contributed by atoms with E-state index in [1.165, 1.54) is 6.42 Å². The number of rotatable bonds is 4. The van der Waals surface area contributed by atoms with Crippen LogP contribution in [0.4, 0.5) is 0 Å². The van der Waals surface area contributed by atoms with Gasteiger partial charge >= 0.3 is 0 Å². The minimum absolute atomic E-state index is 0. The summed E-state index contributed by atoms with van der Waals surface area (Å²) in [6.45, 7) is 12.1. The van der Waals surface area contributed by atoms with Crippen molar-refractivity contribution < 1.29 is 9.53 Å². The minimum atomic E-state index is -0.0450. The highest BCUT2D eigenvalue weighted by molar-refractivity contribution is 5.85. The molecule has 2 heterocycles. The van der Waals surface area contributed by atoms with E-state index < -0.39 is 0 Å². The number of ether oxygens (including phenoxy) is 1. The Bertz CT molecular complexity index is 353. The second kappa shape index (κ2) is 10.0. The lowest BCUT2D eigenvalue weighted by atomic mass is 9.99. The van der Waals surface area contributed by atoms with Gasteiger partial charge in [0, 0.05) is 25.2 Å². The average Bonchev–Trinajstić information content (AvgIpc) is 2.45. The smallest absolute Gasteiger partial charge is 0.237 e. The first kappa shape index (κ1) is 22.9. The van der Waals surface area contributed by atoms with Gasteiger partial charge in [0.2, 0.25) is 5.91 Å². The third kappa shape index (κ3) is 6.75. The van der Waals surface area contributed by atoms with E-state index >= 15 is 0 Å². The van der Waals surface area contributed by atoms with E-state index in [2.05, 4.69) is 43.2 Å². The summed E-state index contributed by atoms with van der Waals surface area (Å²) in [4.78, 5) is 14.7. The van der Waals surface area contributed by atoms with E-state index in [9.17, 15) is 4.79 Å². The average molecular weight is 370 g/mol. The van der Waals surface area contributed by atoms with Gasteiger partial charge in [0.1, 0.15) is 0 Å². The van der Waals surface area contributed by atoms with E-state index in [1.807, 2.05) is 0 Å². The number of hydrogen-bond acceptors (Lipinski definition) is 4. The highest BCUT2D eigenvalue weighted by Gasteiger charge is 2.34. The maximum Gasteiger partial charge on any atom is 0.237 e. The molecule has 0 aromatic carbocycles. The molecule has 5 nitrogen and oxygen atoms in total. The predicted molar refractivity (Wildman–Crippen MR) is 98.8 cm³/mol. The lowest BCUT2D eigenvalue weighted by Gasteiger charge is -2.45. The molecule has 2 N–H and O–H groups in total.